The molecule has 1 aliphatic rings. The maximum atomic E-state index is 15.3. The zero-order chi connectivity index (χ0) is 19.0. The lowest BCUT2D eigenvalue weighted by atomic mass is 10.1. The molecule has 3 aromatic rings. The molecule has 138 valence electrons. The second-order valence-corrected chi connectivity index (χ2v) is 7.66. The van der Waals surface area contributed by atoms with Crippen molar-refractivity contribution in [3.63, 3.8) is 0 Å². The van der Waals surface area contributed by atoms with Gasteiger partial charge in [0.1, 0.15) is 24.6 Å². The van der Waals surface area contributed by atoms with Gasteiger partial charge in [0, 0.05) is 5.39 Å². The van der Waals surface area contributed by atoms with E-state index >= 15 is 4.39 Å². The number of ether oxygens (including phenoxy) is 1. The van der Waals surface area contributed by atoms with Crippen molar-refractivity contribution in [2.75, 3.05) is 10.8 Å². The fraction of sp³-hybridized carbons (Fsp3) is 0.105. The Hall–Kier alpha value is -3.13. The zero-order valence-corrected chi connectivity index (χ0v) is 14.9. The number of hydrogen-bond acceptors (Lipinski definition) is 4. The number of rotatable bonds is 4. The van der Waals surface area contributed by atoms with Gasteiger partial charge in [-0.2, -0.15) is 8.42 Å². The van der Waals surface area contributed by atoms with Gasteiger partial charge in [0.15, 0.2) is 5.82 Å². The summed E-state index contributed by atoms with van der Waals surface area (Å²) in [5.74, 6) is -1.43. The minimum Gasteiger partial charge on any atom is -0.487 e. The molecule has 1 saturated heterocycles. The Kier molecular flexibility index (Phi) is 4.19. The minimum atomic E-state index is -4.17. The van der Waals surface area contributed by atoms with E-state index in [9.17, 15) is 13.2 Å². The molecule has 0 unspecified atom stereocenters. The third kappa shape index (κ3) is 3.19. The summed E-state index contributed by atoms with van der Waals surface area (Å²) in [6.45, 7) is -0.375. The number of nitrogens with one attached hydrogen (secondary N) is 1. The lowest BCUT2D eigenvalue weighted by Crippen LogP contribution is -2.30. The highest BCUT2D eigenvalue weighted by Crippen LogP contribution is 2.39. The van der Waals surface area contributed by atoms with Crippen LogP contribution in [-0.4, -0.2) is 20.9 Å². The van der Waals surface area contributed by atoms with Crippen molar-refractivity contribution < 1.29 is 22.3 Å². The zero-order valence-electron chi connectivity index (χ0n) is 14.1. The second kappa shape index (κ2) is 6.55. The largest absolute Gasteiger partial charge is 0.487 e. The van der Waals surface area contributed by atoms with Gasteiger partial charge in [0.25, 0.3) is 5.91 Å². The molecule has 1 fully saturated rings. The molecule has 0 aliphatic carbocycles. The molecule has 8 heteroatoms. The molecular weight excluding hydrogens is 371 g/mol. The minimum absolute atomic E-state index is 0.0510. The summed E-state index contributed by atoms with van der Waals surface area (Å²) >= 11 is 0. The molecule has 1 N–H and O–H groups in total. The van der Waals surface area contributed by atoms with Gasteiger partial charge >= 0.3 is 10.2 Å². The van der Waals surface area contributed by atoms with Crippen LogP contribution in [0, 0.1) is 5.82 Å². The SMILES string of the molecule is O=C1CN(c2c(OCc3ccccc3)cc3ccccc3c2F)S(=O)(=O)N1. The first-order chi connectivity index (χ1) is 13.0. The van der Waals surface area contributed by atoms with Gasteiger partial charge in [-0.15, -0.1) is 0 Å². The average Bonchev–Trinajstić information content (AvgIpc) is 2.93. The number of hydrogen-bond donors (Lipinski definition) is 1. The van der Waals surface area contributed by atoms with E-state index in [2.05, 4.69) is 0 Å². The summed E-state index contributed by atoms with van der Waals surface area (Å²) in [6, 6.07) is 17.5. The first kappa shape index (κ1) is 17.3. The molecule has 1 amide bonds. The Morgan fingerprint density at radius 2 is 1.78 bits per heavy atom. The first-order valence-electron chi connectivity index (χ1n) is 8.17. The highest BCUT2D eigenvalue weighted by Gasteiger charge is 2.38. The van der Waals surface area contributed by atoms with Crippen LogP contribution in [0.3, 0.4) is 0 Å². The Morgan fingerprint density at radius 1 is 1.07 bits per heavy atom. The normalized spacial score (nSPS) is 15.7. The molecule has 0 saturated carbocycles. The molecule has 6 nitrogen and oxygen atoms in total. The third-order valence-corrected chi connectivity index (χ3v) is 5.61. The summed E-state index contributed by atoms with van der Waals surface area (Å²) in [5, 5.41) is 0.812. The van der Waals surface area contributed by atoms with Crippen molar-refractivity contribution in [3.05, 3.63) is 72.0 Å². The van der Waals surface area contributed by atoms with E-state index in [1.807, 2.05) is 35.1 Å². The van der Waals surface area contributed by atoms with Crippen LogP contribution in [0.25, 0.3) is 10.8 Å². The van der Waals surface area contributed by atoms with Crippen LogP contribution in [0.15, 0.2) is 60.7 Å². The van der Waals surface area contributed by atoms with E-state index in [1.165, 1.54) is 0 Å². The van der Waals surface area contributed by atoms with Crippen molar-refractivity contribution in [1.82, 2.24) is 4.72 Å². The van der Waals surface area contributed by atoms with Crippen molar-refractivity contribution in [2.45, 2.75) is 6.61 Å². The number of carbonyl (C=O) groups excluding carboxylic acids is 1. The summed E-state index contributed by atoms with van der Waals surface area (Å²) in [7, 11) is -4.17. The smallest absolute Gasteiger partial charge is 0.326 e. The van der Waals surface area contributed by atoms with Crippen LogP contribution in [0.1, 0.15) is 5.56 Å². The van der Waals surface area contributed by atoms with E-state index in [0.29, 0.717) is 9.69 Å². The number of amides is 1. The number of benzene rings is 3. The fourth-order valence-electron chi connectivity index (χ4n) is 2.99. The number of carbonyl (C=O) groups is 1. The van der Waals surface area contributed by atoms with Gasteiger partial charge in [-0.05, 0) is 17.0 Å². The predicted octanol–water partition coefficient (Wildman–Crippen LogP) is 2.74. The highest BCUT2D eigenvalue weighted by atomic mass is 32.2. The van der Waals surface area contributed by atoms with Crippen molar-refractivity contribution in [3.8, 4) is 5.75 Å². The topological polar surface area (TPSA) is 75.7 Å². The number of anilines is 1. The average molecular weight is 386 g/mol. The Morgan fingerprint density at radius 3 is 2.48 bits per heavy atom. The van der Waals surface area contributed by atoms with Gasteiger partial charge in [0.05, 0.1) is 0 Å². The maximum Gasteiger partial charge on any atom is 0.326 e. The van der Waals surface area contributed by atoms with Gasteiger partial charge < -0.3 is 4.74 Å². The lowest BCUT2D eigenvalue weighted by molar-refractivity contribution is -0.117. The van der Waals surface area contributed by atoms with Gasteiger partial charge in [0.2, 0.25) is 0 Å². The molecule has 1 heterocycles. The summed E-state index contributed by atoms with van der Waals surface area (Å²) in [4.78, 5) is 11.6. The Labute approximate surface area is 155 Å². The molecule has 0 atom stereocenters. The number of halogens is 1. The molecular formula is C19H15FN2O4S. The van der Waals surface area contributed by atoms with Crippen LogP contribution < -0.4 is 13.8 Å². The van der Waals surface area contributed by atoms with Crippen LogP contribution in [0.2, 0.25) is 0 Å². The standard InChI is InChI=1S/C19H15FN2O4S/c20-18-15-9-5-4-8-14(15)10-16(26-12-13-6-2-1-3-7-13)19(18)22-11-17(23)21-27(22,24)25/h1-10H,11-12H2,(H,21,23). The van der Waals surface area contributed by atoms with Gasteiger partial charge in [-0.1, -0.05) is 54.6 Å². The lowest BCUT2D eigenvalue weighted by Gasteiger charge is -2.21. The second-order valence-electron chi connectivity index (χ2n) is 6.07. The molecule has 27 heavy (non-hydrogen) atoms. The monoisotopic (exact) mass is 386 g/mol. The number of nitrogens with zero attached hydrogens (tertiary/aromatic N) is 1. The summed E-state index contributed by atoms with van der Waals surface area (Å²) in [5.41, 5.74) is 0.568. The van der Waals surface area contributed by atoms with E-state index in [4.69, 9.17) is 4.74 Å². The maximum absolute atomic E-state index is 15.3. The van der Waals surface area contributed by atoms with E-state index in [-0.39, 0.29) is 23.4 Å². The molecule has 0 bridgehead atoms. The Bertz CT molecular complexity index is 1130. The first-order valence-corrected chi connectivity index (χ1v) is 9.61. The fourth-order valence-corrected chi connectivity index (χ4v) is 4.15. The van der Waals surface area contributed by atoms with E-state index in [0.717, 1.165) is 5.56 Å². The summed E-state index contributed by atoms with van der Waals surface area (Å²) < 4.78 is 48.1. The van der Waals surface area contributed by atoms with Crippen LogP contribution in [0.4, 0.5) is 10.1 Å². The molecule has 0 spiro atoms. The Balaban J connectivity index is 1.84. The van der Waals surface area contributed by atoms with E-state index in [1.54, 1.807) is 30.3 Å². The molecule has 0 radical (unpaired) electrons. The van der Waals surface area contributed by atoms with E-state index < -0.39 is 28.5 Å². The summed E-state index contributed by atoms with van der Waals surface area (Å²) in [6.07, 6.45) is 0. The third-order valence-electron chi connectivity index (χ3n) is 4.23. The van der Waals surface area contributed by atoms with Crippen molar-refractivity contribution in [1.29, 1.82) is 0 Å². The molecule has 1 aliphatic heterocycles. The number of fused-ring (bicyclic) bond motifs is 1. The van der Waals surface area contributed by atoms with Crippen molar-refractivity contribution in [2.24, 2.45) is 0 Å². The highest BCUT2D eigenvalue weighted by molar-refractivity contribution is 7.92. The van der Waals surface area contributed by atoms with Gasteiger partial charge in [-0.3, -0.25) is 4.79 Å². The predicted molar refractivity (Wildman–Crippen MR) is 99.1 cm³/mol. The van der Waals surface area contributed by atoms with Crippen LogP contribution in [0.5, 0.6) is 5.75 Å². The molecule has 0 aromatic heterocycles. The van der Waals surface area contributed by atoms with Gasteiger partial charge in [-0.25, -0.2) is 13.4 Å². The molecule has 3 aromatic carbocycles. The quantitative estimate of drug-likeness (QED) is 0.748. The van der Waals surface area contributed by atoms with Crippen molar-refractivity contribution >= 4 is 32.6 Å². The van der Waals surface area contributed by atoms with Crippen LogP contribution in [-0.2, 0) is 21.6 Å². The van der Waals surface area contributed by atoms with Crippen LogP contribution >= 0.6 is 0 Å². The molecule has 4 rings (SSSR count).